The number of rotatable bonds is 2. The number of carbonyl (C=O) groups is 1. The Kier molecular flexibility index (Phi) is 4.69. The lowest BCUT2D eigenvalue weighted by molar-refractivity contribution is -0.140. The summed E-state index contributed by atoms with van der Waals surface area (Å²) in [6, 6.07) is 0.756. The van der Waals surface area contributed by atoms with Gasteiger partial charge in [-0.1, -0.05) is 6.42 Å². The number of halogens is 1. The molecule has 1 aliphatic heterocycles. The first kappa shape index (κ1) is 16.6. The third-order valence-corrected chi connectivity index (χ3v) is 6.89. The molecule has 2 heterocycles. The van der Waals surface area contributed by atoms with Crippen LogP contribution < -0.4 is 5.73 Å². The number of hydrogen-bond donors (Lipinski definition) is 1. The van der Waals surface area contributed by atoms with Crippen LogP contribution in [0.5, 0.6) is 0 Å². The topological polar surface area (TPSA) is 64.2 Å². The normalized spacial score (nSPS) is 34.3. The van der Waals surface area contributed by atoms with E-state index < -0.39 is 0 Å². The van der Waals surface area contributed by atoms with Crippen LogP contribution in [0.4, 0.5) is 0 Å². The molecule has 1 aromatic heterocycles. The minimum atomic E-state index is 0.218. The summed E-state index contributed by atoms with van der Waals surface area (Å²) in [4.78, 5) is 15.1. The van der Waals surface area contributed by atoms with Crippen LogP contribution in [0.25, 0.3) is 0 Å². The SMILES string of the molecule is NC1C2CCCC1CC(C(=O)N1CCC(n3cc(Br)cn3)CC1)C2. The highest BCUT2D eigenvalue weighted by molar-refractivity contribution is 9.10. The largest absolute Gasteiger partial charge is 0.342 e. The third kappa shape index (κ3) is 3.15. The maximum Gasteiger partial charge on any atom is 0.225 e. The molecular formula is C18H27BrN4O. The van der Waals surface area contributed by atoms with Crippen LogP contribution in [0.3, 0.4) is 0 Å². The zero-order valence-corrected chi connectivity index (χ0v) is 15.7. The molecule has 2 bridgehead atoms. The molecule has 1 saturated heterocycles. The molecular weight excluding hydrogens is 368 g/mol. The Morgan fingerprint density at radius 2 is 1.83 bits per heavy atom. The second-order valence-electron chi connectivity index (χ2n) is 7.89. The Balaban J connectivity index is 1.35. The van der Waals surface area contributed by atoms with Gasteiger partial charge in [-0.05, 0) is 66.3 Å². The summed E-state index contributed by atoms with van der Waals surface area (Å²) in [5, 5.41) is 4.40. The van der Waals surface area contributed by atoms with Gasteiger partial charge in [0.25, 0.3) is 0 Å². The van der Waals surface area contributed by atoms with Gasteiger partial charge in [0.05, 0.1) is 16.7 Å². The van der Waals surface area contributed by atoms with E-state index in [1.165, 1.54) is 19.3 Å². The second-order valence-corrected chi connectivity index (χ2v) is 8.81. The van der Waals surface area contributed by atoms with E-state index in [-0.39, 0.29) is 5.92 Å². The average Bonchev–Trinajstić information content (AvgIpc) is 3.01. The highest BCUT2D eigenvalue weighted by Crippen LogP contribution is 2.42. The molecule has 4 rings (SSSR count). The Bertz CT molecular complexity index is 582. The zero-order chi connectivity index (χ0) is 16.7. The first-order chi connectivity index (χ1) is 11.6. The van der Waals surface area contributed by atoms with Gasteiger partial charge in [-0.25, -0.2) is 0 Å². The van der Waals surface area contributed by atoms with Crippen molar-refractivity contribution in [3.8, 4) is 0 Å². The minimum Gasteiger partial charge on any atom is -0.342 e. The van der Waals surface area contributed by atoms with E-state index in [0.717, 1.165) is 43.2 Å². The average molecular weight is 395 g/mol. The fourth-order valence-corrected chi connectivity index (χ4v) is 5.42. The molecule has 6 heteroatoms. The third-order valence-electron chi connectivity index (χ3n) is 6.48. The van der Waals surface area contributed by atoms with E-state index in [4.69, 9.17) is 5.73 Å². The van der Waals surface area contributed by atoms with E-state index in [0.29, 0.717) is 29.8 Å². The monoisotopic (exact) mass is 394 g/mol. The Morgan fingerprint density at radius 1 is 1.17 bits per heavy atom. The maximum absolute atomic E-state index is 13.0. The van der Waals surface area contributed by atoms with Crippen molar-refractivity contribution in [1.29, 1.82) is 0 Å². The van der Waals surface area contributed by atoms with Gasteiger partial charge in [0.2, 0.25) is 5.91 Å². The molecule has 2 saturated carbocycles. The van der Waals surface area contributed by atoms with Gasteiger partial charge < -0.3 is 10.6 Å². The number of nitrogens with two attached hydrogens (primary N) is 1. The number of carbonyl (C=O) groups excluding carboxylic acids is 1. The molecule has 2 unspecified atom stereocenters. The fraction of sp³-hybridized carbons (Fsp3) is 0.778. The highest BCUT2D eigenvalue weighted by atomic mass is 79.9. The summed E-state index contributed by atoms with van der Waals surface area (Å²) in [7, 11) is 0. The molecule has 2 N–H and O–H groups in total. The standard InChI is InChI=1S/C18H27BrN4O/c19-15-10-21-23(11-15)16-4-6-22(7-5-16)18(24)14-8-12-2-1-3-13(9-14)17(12)20/h10-14,16-17H,1-9,20H2. The molecule has 2 atom stereocenters. The molecule has 3 fully saturated rings. The molecule has 0 spiro atoms. The Morgan fingerprint density at radius 3 is 2.42 bits per heavy atom. The van der Waals surface area contributed by atoms with Crippen molar-refractivity contribution in [2.24, 2.45) is 23.5 Å². The molecule has 24 heavy (non-hydrogen) atoms. The molecule has 132 valence electrons. The molecule has 1 aromatic rings. The van der Waals surface area contributed by atoms with E-state index in [1.807, 2.05) is 17.1 Å². The summed E-state index contributed by atoms with van der Waals surface area (Å²) in [5.41, 5.74) is 6.37. The minimum absolute atomic E-state index is 0.218. The van der Waals surface area contributed by atoms with Crippen LogP contribution in [0.2, 0.25) is 0 Å². The van der Waals surface area contributed by atoms with Crippen molar-refractivity contribution in [3.05, 3.63) is 16.9 Å². The zero-order valence-electron chi connectivity index (χ0n) is 14.1. The van der Waals surface area contributed by atoms with Gasteiger partial charge in [-0.3, -0.25) is 9.48 Å². The number of piperidine rings is 1. The van der Waals surface area contributed by atoms with Gasteiger partial charge in [-0.15, -0.1) is 0 Å². The smallest absolute Gasteiger partial charge is 0.225 e. The van der Waals surface area contributed by atoms with Crippen molar-refractivity contribution in [2.75, 3.05) is 13.1 Å². The number of likely N-dealkylation sites (tertiary alicyclic amines) is 1. The second kappa shape index (κ2) is 6.79. The van der Waals surface area contributed by atoms with Crippen LogP contribution in [0.1, 0.15) is 51.0 Å². The van der Waals surface area contributed by atoms with Crippen molar-refractivity contribution in [1.82, 2.24) is 14.7 Å². The van der Waals surface area contributed by atoms with Crippen LogP contribution in [0, 0.1) is 17.8 Å². The molecule has 0 radical (unpaired) electrons. The number of nitrogens with zero attached hydrogens (tertiary/aromatic N) is 3. The lowest BCUT2D eigenvalue weighted by atomic mass is 9.65. The quantitative estimate of drug-likeness (QED) is 0.838. The van der Waals surface area contributed by atoms with Gasteiger partial charge >= 0.3 is 0 Å². The molecule has 0 aromatic carbocycles. The Labute approximate surface area is 152 Å². The van der Waals surface area contributed by atoms with E-state index >= 15 is 0 Å². The van der Waals surface area contributed by atoms with E-state index in [9.17, 15) is 4.79 Å². The Hall–Kier alpha value is -0.880. The predicted octanol–water partition coefficient (Wildman–Crippen LogP) is 2.96. The number of hydrogen-bond acceptors (Lipinski definition) is 3. The molecule has 2 aliphatic carbocycles. The van der Waals surface area contributed by atoms with E-state index in [1.54, 1.807) is 0 Å². The lowest BCUT2D eigenvalue weighted by Crippen LogP contribution is -2.50. The maximum atomic E-state index is 13.0. The van der Waals surface area contributed by atoms with Crippen LogP contribution in [-0.4, -0.2) is 39.7 Å². The first-order valence-corrected chi connectivity index (χ1v) is 10.1. The lowest BCUT2D eigenvalue weighted by Gasteiger charge is -2.45. The van der Waals surface area contributed by atoms with Gasteiger partial charge in [0.15, 0.2) is 0 Å². The molecule has 5 nitrogen and oxygen atoms in total. The number of fused-ring (bicyclic) bond motifs is 2. The van der Waals surface area contributed by atoms with Gasteiger partial charge in [0.1, 0.15) is 0 Å². The van der Waals surface area contributed by atoms with Crippen LogP contribution in [0.15, 0.2) is 16.9 Å². The first-order valence-electron chi connectivity index (χ1n) is 9.36. The van der Waals surface area contributed by atoms with E-state index in [2.05, 4.69) is 25.9 Å². The summed E-state index contributed by atoms with van der Waals surface area (Å²) in [6.07, 6.45) is 11.6. The van der Waals surface area contributed by atoms with Gasteiger partial charge in [-0.2, -0.15) is 5.10 Å². The predicted molar refractivity (Wildman–Crippen MR) is 96.3 cm³/mol. The fourth-order valence-electron chi connectivity index (χ4n) is 5.11. The van der Waals surface area contributed by atoms with Crippen LogP contribution >= 0.6 is 15.9 Å². The number of aromatic nitrogens is 2. The highest BCUT2D eigenvalue weighted by Gasteiger charge is 2.42. The molecule has 1 amide bonds. The van der Waals surface area contributed by atoms with Gasteiger partial charge in [0, 0.05) is 31.2 Å². The van der Waals surface area contributed by atoms with Crippen molar-refractivity contribution in [2.45, 2.75) is 57.0 Å². The van der Waals surface area contributed by atoms with Crippen molar-refractivity contribution >= 4 is 21.8 Å². The molecule has 3 aliphatic rings. The van der Waals surface area contributed by atoms with Crippen molar-refractivity contribution < 1.29 is 4.79 Å². The van der Waals surface area contributed by atoms with Crippen molar-refractivity contribution in [3.63, 3.8) is 0 Å². The summed E-state index contributed by atoms with van der Waals surface area (Å²) < 4.78 is 3.06. The summed E-state index contributed by atoms with van der Waals surface area (Å²) >= 11 is 3.46. The summed E-state index contributed by atoms with van der Waals surface area (Å²) in [6.45, 7) is 1.72. The van der Waals surface area contributed by atoms with Crippen LogP contribution in [-0.2, 0) is 4.79 Å². The summed E-state index contributed by atoms with van der Waals surface area (Å²) in [5.74, 6) is 1.75. The number of amides is 1.